The van der Waals surface area contributed by atoms with Crippen LogP contribution in [0.4, 0.5) is 14.5 Å². The van der Waals surface area contributed by atoms with Crippen LogP contribution in [0.1, 0.15) is 63.0 Å². The molecule has 2 aromatic rings. The summed E-state index contributed by atoms with van der Waals surface area (Å²) in [7, 11) is -3.35. The monoisotopic (exact) mass is 604 g/mol. The number of halogens is 2. The summed E-state index contributed by atoms with van der Waals surface area (Å²) in [6, 6.07) is 9.55. The van der Waals surface area contributed by atoms with E-state index in [0.29, 0.717) is 50.8 Å². The zero-order valence-corrected chi connectivity index (χ0v) is 25.1. The first-order valence-corrected chi connectivity index (χ1v) is 16.6. The maximum absolute atomic E-state index is 15.2. The van der Waals surface area contributed by atoms with E-state index in [-0.39, 0.29) is 47.5 Å². The van der Waals surface area contributed by atoms with Crippen molar-refractivity contribution in [3.63, 3.8) is 0 Å². The number of hydrogen-bond donors (Lipinski definition) is 3. The van der Waals surface area contributed by atoms with E-state index < -0.39 is 33.7 Å². The van der Waals surface area contributed by atoms with E-state index in [4.69, 9.17) is 10.5 Å². The number of nitrogens with two attached hydrogens (primary N) is 1. The molecule has 0 spiro atoms. The van der Waals surface area contributed by atoms with Crippen LogP contribution in [0.5, 0.6) is 0 Å². The molecule has 0 aliphatic carbocycles. The lowest BCUT2D eigenvalue weighted by atomic mass is 9.74. The molecule has 3 fully saturated rings. The van der Waals surface area contributed by atoms with E-state index in [1.807, 2.05) is 13.8 Å². The van der Waals surface area contributed by atoms with Gasteiger partial charge in [0.05, 0.1) is 29.7 Å². The van der Waals surface area contributed by atoms with Crippen molar-refractivity contribution < 1.29 is 26.7 Å². The molecule has 8 atom stereocenters. The number of ether oxygens (including phenoxy) is 1. The van der Waals surface area contributed by atoms with Gasteiger partial charge in [-0.2, -0.15) is 4.31 Å². The van der Waals surface area contributed by atoms with Gasteiger partial charge in [0.2, 0.25) is 15.9 Å². The summed E-state index contributed by atoms with van der Waals surface area (Å²) in [4.78, 5) is 13.7. The fraction of sp³-hybridized carbons (Fsp3) is 0.581. The summed E-state index contributed by atoms with van der Waals surface area (Å²) in [5.41, 5.74) is 8.03. The largest absolute Gasteiger partial charge is 0.376 e. The van der Waals surface area contributed by atoms with Crippen molar-refractivity contribution in [2.75, 3.05) is 24.2 Å². The molecule has 3 saturated heterocycles. The van der Waals surface area contributed by atoms with E-state index >= 15 is 4.39 Å². The Kier molecular flexibility index (Phi) is 9.63. The summed E-state index contributed by atoms with van der Waals surface area (Å²) in [5, 5.41) is 6.23. The Labute approximate surface area is 247 Å². The topological polar surface area (TPSA) is 114 Å². The van der Waals surface area contributed by atoms with Crippen LogP contribution < -0.4 is 16.4 Å². The van der Waals surface area contributed by atoms with Crippen molar-refractivity contribution in [1.82, 2.24) is 9.62 Å². The van der Waals surface area contributed by atoms with Gasteiger partial charge in [-0.15, -0.1) is 0 Å². The van der Waals surface area contributed by atoms with Gasteiger partial charge in [0.25, 0.3) is 0 Å². The fourth-order valence-corrected chi connectivity index (χ4v) is 8.87. The number of amides is 1. The number of fused-ring (bicyclic) bond motifs is 2. The number of carbonyl (C=O) groups excluding carboxylic acids is 1. The summed E-state index contributed by atoms with van der Waals surface area (Å²) in [6.07, 6.45) is 3.65. The van der Waals surface area contributed by atoms with Gasteiger partial charge in [-0.05, 0) is 87.6 Å². The summed E-state index contributed by atoms with van der Waals surface area (Å²) in [6.45, 7) is 4.96. The maximum Gasteiger partial charge on any atom is 0.242 e. The van der Waals surface area contributed by atoms with E-state index in [1.54, 1.807) is 28.6 Å². The molecule has 0 aromatic heterocycles. The van der Waals surface area contributed by atoms with Crippen LogP contribution in [0, 0.1) is 17.6 Å². The SMILES string of the molecule is C[C@@H]1CC([C@H](c2ccc(F)cc2)[C@H](N)C(=O)Nc2c(F)cccc2CC[C@H]2CN[C@@H]3CCCS(=O)(=O)N2C3)C[C@H](C)O1. The van der Waals surface area contributed by atoms with E-state index in [0.717, 1.165) is 12.0 Å². The van der Waals surface area contributed by atoms with E-state index in [9.17, 15) is 17.6 Å². The number of para-hydroxylation sites is 1. The highest BCUT2D eigenvalue weighted by Crippen LogP contribution is 2.39. The molecule has 1 amide bonds. The molecule has 2 aromatic carbocycles. The highest BCUT2D eigenvalue weighted by atomic mass is 32.2. The number of anilines is 1. The van der Waals surface area contributed by atoms with Gasteiger partial charge >= 0.3 is 0 Å². The number of benzene rings is 2. The number of piperazine rings is 1. The van der Waals surface area contributed by atoms with Gasteiger partial charge < -0.3 is 21.1 Å². The molecule has 5 rings (SSSR count). The third kappa shape index (κ3) is 7.02. The standard InChI is InChI=1S/C31H42F2N4O4S/c1-19-15-23(16-20(2)41-19)28(21-8-11-24(32)12-9-21)29(34)31(38)36-30-22(5-3-7-27(30)33)10-13-26-17-35-25-6-4-14-42(39,40)37(26)18-25/h3,5,7-9,11-12,19-20,23,25-26,28-29,35H,4,6,10,13-18,34H2,1-2H3,(H,36,38)/t19-,20+,23?,25-,26+,28+,29+/m1/s1. The Balaban J connectivity index is 1.34. The van der Waals surface area contributed by atoms with Gasteiger partial charge in [-0.25, -0.2) is 17.2 Å². The third-order valence-electron chi connectivity index (χ3n) is 9.04. The van der Waals surface area contributed by atoms with Crippen LogP contribution in [0.3, 0.4) is 0 Å². The normalized spacial score (nSPS) is 30.6. The van der Waals surface area contributed by atoms with Crippen molar-refractivity contribution in [3.8, 4) is 0 Å². The molecular formula is C31H42F2N4O4S. The number of carbonyl (C=O) groups is 1. The molecule has 4 N–H and O–H groups in total. The maximum atomic E-state index is 15.2. The summed E-state index contributed by atoms with van der Waals surface area (Å²) >= 11 is 0. The zero-order valence-electron chi connectivity index (χ0n) is 24.3. The van der Waals surface area contributed by atoms with Gasteiger partial charge in [0.15, 0.2) is 0 Å². The fourth-order valence-electron chi connectivity index (χ4n) is 7.06. The Bertz CT molecular complexity index is 1350. The minimum absolute atomic E-state index is 0.00764. The Morgan fingerprint density at radius 2 is 1.86 bits per heavy atom. The molecule has 2 bridgehead atoms. The average Bonchev–Trinajstić information content (AvgIpc) is 3.05. The van der Waals surface area contributed by atoms with Crippen molar-refractivity contribution in [2.24, 2.45) is 11.7 Å². The number of aryl methyl sites for hydroxylation is 1. The molecule has 0 radical (unpaired) electrons. The third-order valence-corrected chi connectivity index (χ3v) is 11.0. The van der Waals surface area contributed by atoms with Crippen molar-refractivity contribution >= 4 is 21.6 Å². The average molecular weight is 605 g/mol. The second-order valence-electron chi connectivity index (χ2n) is 12.2. The van der Waals surface area contributed by atoms with Crippen LogP contribution >= 0.6 is 0 Å². The Morgan fingerprint density at radius 3 is 2.57 bits per heavy atom. The lowest BCUT2D eigenvalue weighted by Crippen LogP contribution is -2.57. The first-order chi connectivity index (χ1) is 20.0. The highest BCUT2D eigenvalue weighted by Gasteiger charge is 2.39. The van der Waals surface area contributed by atoms with Crippen LogP contribution in [0.25, 0.3) is 0 Å². The molecule has 230 valence electrons. The molecule has 0 saturated carbocycles. The Hall–Kier alpha value is -2.44. The molecule has 2 unspecified atom stereocenters. The summed E-state index contributed by atoms with van der Waals surface area (Å²) < 4.78 is 62.3. The van der Waals surface area contributed by atoms with Crippen molar-refractivity contribution in [2.45, 2.75) is 88.6 Å². The Morgan fingerprint density at radius 1 is 1.14 bits per heavy atom. The lowest BCUT2D eigenvalue weighted by molar-refractivity contribution is -0.119. The molecule has 11 heteroatoms. The molecule has 42 heavy (non-hydrogen) atoms. The lowest BCUT2D eigenvalue weighted by Gasteiger charge is -2.39. The molecular weight excluding hydrogens is 562 g/mol. The minimum atomic E-state index is -3.35. The van der Waals surface area contributed by atoms with E-state index in [1.165, 1.54) is 18.2 Å². The van der Waals surface area contributed by atoms with Crippen LogP contribution in [-0.2, 0) is 26.0 Å². The molecule has 3 aliphatic heterocycles. The summed E-state index contributed by atoms with van der Waals surface area (Å²) in [5.74, 6) is -1.77. The van der Waals surface area contributed by atoms with Gasteiger partial charge in [0.1, 0.15) is 11.6 Å². The first-order valence-electron chi connectivity index (χ1n) is 15.0. The second-order valence-corrected chi connectivity index (χ2v) is 14.2. The predicted molar refractivity (Wildman–Crippen MR) is 159 cm³/mol. The first kappa shape index (κ1) is 31.0. The number of rotatable bonds is 8. The quantitative estimate of drug-likeness (QED) is 0.421. The van der Waals surface area contributed by atoms with Crippen molar-refractivity contribution in [3.05, 3.63) is 65.2 Å². The highest BCUT2D eigenvalue weighted by molar-refractivity contribution is 7.89. The number of hydrogen-bond acceptors (Lipinski definition) is 6. The second kappa shape index (κ2) is 13.1. The predicted octanol–water partition coefficient (Wildman–Crippen LogP) is 3.92. The molecule has 8 nitrogen and oxygen atoms in total. The minimum Gasteiger partial charge on any atom is -0.376 e. The number of nitrogens with zero attached hydrogens (tertiary/aromatic N) is 1. The molecule has 3 heterocycles. The van der Waals surface area contributed by atoms with Gasteiger partial charge in [-0.3, -0.25) is 4.79 Å². The number of nitrogens with one attached hydrogen (secondary N) is 2. The van der Waals surface area contributed by atoms with Gasteiger partial charge in [-0.1, -0.05) is 24.3 Å². The smallest absolute Gasteiger partial charge is 0.242 e. The van der Waals surface area contributed by atoms with Crippen molar-refractivity contribution in [1.29, 1.82) is 0 Å². The zero-order chi connectivity index (χ0) is 30.0. The molecule has 3 aliphatic rings. The van der Waals surface area contributed by atoms with Crippen LogP contribution in [0.15, 0.2) is 42.5 Å². The number of sulfonamides is 1. The van der Waals surface area contributed by atoms with E-state index in [2.05, 4.69) is 10.6 Å². The van der Waals surface area contributed by atoms with Gasteiger partial charge in [0, 0.05) is 31.1 Å². The van der Waals surface area contributed by atoms with Crippen LogP contribution in [0.2, 0.25) is 0 Å². The van der Waals surface area contributed by atoms with Crippen LogP contribution in [-0.4, -0.2) is 67.8 Å².